The third kappa shape index (κ3) is 4.35. The Balaban J connectivity index is 1.85. The van der Waals surface area contributed by atoms with E-state index in [1.165, 1.54) is 11.1 Å². The third-order valence-electron chi connectivity index (χ3n) is 3.68. The van der Waals surface area contributed by atoms with Gasteiger partial charge < -0.3 is 9.64 Å². The number of hydrogen-bond acceptors (Lipinski definition) is 2. The molecule has 1 fully saturated rings. The monoisotopic (exact) mass is 261 g/mol. The molecule has 0 unspecified atom stereocenters. The number of carbonyl (C=O) groups excluding carboxylic acids is 1. The van der Waals surface area contributed by atoms with Gasteiger partial charge in [0, 0.05) is 26.6 Å². The number of aryl methyl sites for hydroxylation is 1. The summed E-state index contributed by atoms with van der Waals surface area (Å²) in [4.78, 5) is 13.6. The van der Waals surface area contributed by atoms with Crippen LogP contribution in [-0.4, -0.2) is 36.6 Å². The van der Waals surface area contributed by atoms with Crippen LogP contribution in [0, 0.1) is 6.92 Å². The van der Waals surface area contributed by atoms with Crippen molar-refractivity contribution >= 4 is 5.91 Å². The SMILES string of the molecule is CC(=O)N(CCc1ccc(C)cc1)C[C@@H]1CCCO1. The van der Waals surface area contributed by atoms with E-state index in [1.54, 1.807) is 6.92 Å². The summed E-state index contributed by atoms with van der Waals surface area (Å²) >= 11 is 0. The molecular formula is C16H23NO2. The quantitative estimate of drug-likeness (QED) is 0.815. The summed E-state index contributed by atoms with van der Waals surface area (Å²) in [6, 6.07) is 8.51. The van der Waals surface area contributed by atoms with E-state index in [-0.39, 0.29) is 12.0 Å². The first kappa shape index (κ1) is 14.1. The Morgan fingerprint density at radius 2 is 2.11 bits per heavy atom. The van der Waals surface area contributed by atoms with Gasteiger partial charge in [0.1, 0.15) is 0 Å². The van der Waals surface area contributed by atoms with E-state index >= 15 is 0 Å². The van der Waals surface area contributed by atoms with E-state index in [1.807, 2.05) is 4.90 Å². The average Bonchev–Trinajstić information content (AvgIpc) is 2.89. The highest BCUT2D eigenvalue weighted by atomic mass is 16.5. The minimum Gasteiger partial charge on any atom is -0.376 e. The first-order valence-electron chi connectivity index (χ1n) is 7.08. The Morgan fingerprint density at radius 1 is 1.37 bits per heavy atom. The standard InChI is InChI=1S/C16H23NO2/c1-13-5-7-15(8-6-13)9-10-17(14(2)18)12-16-4-3-11-19-16/h5-8,16H,3-4,9-12H2,1-2H3/t16-/m0/s1. The number of carbonyl (C=O) groups is 1. The maximum Gasteiger partial charge on any atom is 0.219 e. The molecule has 0 aromatic heterocycles. The second-order valence-electron chi connectivity index (χ2n) is 5.34. The Hall–Kier alpha value is -1.35. The molecule has 19 heavy (non-hydrogen) atoms. The highest BCUT2D eigenvalue weighted by Gasteiger charge is 2.20. The van der Waals surface area contributed by atoms with Crippen LogP contribution < -0.4 is 0 Å². The van der Waals surface area contributed by atoms with E-state index in [4.69, 9.17) is 4.74 Å². The van der Waals surface area contributed by atoms with Crippen LogP contribution in [0.3, 0.4) is 0 Å². The summed E-state index contributed by atoms with van der Waals surface area (Å²) in [6.07, 6.45) is 3.34. The van der Waals surface area contributed by atoms with Gasteiger partial charge in [-0.1, -0.05) is 29.8 Å². The number of benzene rings is 1. The molecule has 0 bridgehead atoms. The van der Waals surface area contributed by atoms with E-state index in [0.717, 1.165) is 39.0 Å². The maximum absolute atomic E-state index is 11.7. The van der Waals surface area contributed by atoms with Crippen molar-refractivity contribution in [2.24, 2.45) is 0 Å². The third-order valence-corrected chi connectivity index (χ3v) is 3.68. The van der Waals surface area contributed by atoms with Crippen LogP contribution in [0.1, 0.15) is 30.9 Å². The molecule has 1 aliphatic rings. The lowest BCUT2D eigenvalue weighted by atomic mass is 10.1. The van der Waals surface area contributed by atoms with Crippen LogP contribution in [-0.2, 0) is 16.0 Å². The number of nitrogens with zero attached hydrogens (tertiary/aromatic N) is 1. The molecule has 104 valence electrons. The van der Waals surface area contributed by atoms with Crippen LogP contribution in [0.2, 0.25) is 0 Å². The summed E-state index contributed by atoms with van der Waals surface area (Å²) in [5, 5.41) is 0. The molecule has 1 saturated heterocycles. The van der Waals surface area contributed by atoms with Gasteiger partial charge >= 0.3 is 0 Å². The fourth-order valence-corrected chi connectivity index (χ4v) is 2.43. The van der Waals surface area contributed by atoms with Crippen LogP contribution in [0.4, 0.5) is 0 Å². The van der Waals surface area contributed by atoms with Gasteiger partial charge in [0.15, 0.2) is 0 Å². The molecule has 0 N–H and O–H groups in total. The largest absolute Gasteiger partial charge is 0.376 e. The predicted octanol–water partition coefficient (Wildman–Crippen LogP) is 2.57. The first-order chi connectivity index (χ1) is 9.15. The smallest absolute Gasteiger partial charge is 0.219 e. The van der Waals surface area contributed by atoms with Crippen molar-refractivity contribution in [3.05, 3.63) is 35.4 Å². The Kier molecular flexibility index (Phi) is 4.97. The lowest BCUT2D eigenvalue weighted by Gasteiger charge is -2.24. The molecular weight excluding hydrogens is 238 g/mol. The maximum atomic E-state index is 11.7. The molecule has 1 amide bonds. The number of ether oxygens (including phenoxy) is 1. The zero-order valence-electron chi connectivity index (χ0n) is 11.9. The molecule has 1 heterocycles. The molecule has 1 aromatic rings. The minimum atomic E-state index is 0.141. The summed E-state index contributed by atoms with van der Waals surface area (Å²) in [5.41, 5.74) is 2.55. The van der Waals surface area contributed by atoms with Crippen molar-refractivity contribution in [3.63, 3.8) is 0 Å². The van der Waals surface area contributed by atoms with Gasteiger partial charge in [0.05, 0.1) is 6.10 Å². The van der Waals surface area contributed by atoms with E-state index < -0.39 is 0 Å². The number of rotatable bonds is 5. The van der Waals surface area contributed by atoms with Crippen LogP contribution in [0.15, 0.2) is 24.3 Å². The van der Waals surface area contributed by atoms with Crippen LogP contribution >= 0.6 is 0 Å². The van der Waals surface area contributed by atoms with Crippen molar-refractivity contribution in [1.29, 1.82) is 0 Å². The fourth-order valence-electron chi connectivity index (χ4n) is 2.43. The molecule has 3 nitrogen and oxygen atoms in total. The summed E-state index contributed by atoms with van der Waals surface area (Å²) in [7, 11) is 0. The van der Waals surface area contributed by atoms with Gasteiger partial charge in [0.25, 0.3) is 0 Å². The second kappa shape index (κ2) is 6.71. The van der Waals surface area contributed by atoms with Crippen molar-refractivity contribution < 1.29 is 9.53 Å². The Morgan fingerprint density at radius 3 is 2.68 bits per heavy atom. The van der Waals surface area contributed by atoms with E-state index in [2.05, 4.69) is 31.2 Å². The highest BCUT2D eigenvalue weighted by molar-refractivity contribution is 5.73. The molecule has 0 aliphatic carbocycles. The van der Waals surface area contributed by atoms with Gasteiger partial charge in [-0.3, -0.25) is 4.79 Å². The molecule has 3 heteroatoms. The molecule has 0 saturated carbocycles. The van der Waals surface area contributed by atoms with Gasteiger partial charge in [-0.25, -0.2) is 0 Å². The van der Waals surface area contributed by atoms with Gasteiger partial charge in [-0.15, -0.1) is 0 Å². The van der Waals surface area contributed by atoms with Crippen LogP contribution in [0.25, 0.3) is 0 Å². The lowest BCUT2D eigenvalue weighted by Crippen LogP contribution is -2.37. The van der Waals surface area contributed by atoms with E-state index in [0.29, 0.717) is 0 Å². The van der Waals surface area contributed by atoms with Gasteiger partial charge in [-0.05, 0) is 31.7 Å². The molecule has 1 aliphatic heterocycles. The zero-order chi connectivity index (χ0) is 13.7. The highest BCUT2D eigenvalue weighted by Crippen LogP contribution is 2.14. The molecule has 0 spiro atoms. The topological polar surface area (TPSA) is 29.5 Å². The second-order valence-corrected chi connectivity index (χ2v) is 5.34. The normalized spacial score (nSPS) is 18.5. The molecule has 2 rings (SSSR count). The number of amides is 1. The van der Waals surface area contributed by atoms with Crippen molar-refractivity contribution in [1.82, 2.24) is 4.90 Å². The average molecular weight is 261 g/mol. The summed E-state index contributed by atoms with van der Waals surface area (Å²) in [5.74, 6) is 0.141. The van der Waals surface area contributed by atoms with Crippen molar-refractivity contribution in [2.75, 3.05) is 19.7 Å². The lowest BCUT2D eigenvalue weighted by molar-refractivity contribution is -0.130. The molecule has 1 atom stereocenters. The Labute approximate surface area is 115 Å². The summed E-state index contributed by atoms with van der Waals surface area (Å²) < 4.78 is 5.61. The fraction of sp³-hybridized carbons (Fsp3) is 0.562. The molecule has 0 radical (unpaired) electrons. The van der Waals surface area contributed by atoms with Crippen molar-refractivity contribution in [2.45, 2.75) is 39.2 Å². The summed E-state index contributed by atoms with van der Waals surface area (Å²) in [6.45, 7) is 6.08. The minimum absolute atomic E-state index is 0.141. The Bertz CT molecular complexity index is 407. The first-order valence-corrected chi connectivity index (χ1v) is 7.08. The number of hydrogen-bond donors (Lipinski definition) is 0. The van der Waals surface area contributed by atoms with Gasteiger partial charge in [-0.2, -0.15) is 0 Å². The van der Waals surface area contributed by atoms with Gasteiger partial charge in [0.2, 0.25) is 5.91 Å². The van der Waals surface area contributed by atoms with Crippen molar-refractivity contribution in [3.8, 4) is 0 Å². The van der Waals surface area contributed by atoms with Crippen LogP contribution in [0.5, 0.6) is 0 Å². The zero-order valence-corrected chi connectivity index (χ0v) is 11.9. The van der Waals surface area contributed by atoms with E-state index in [9.17, 15) is 4.79 Å². The molecule has 1 aromatic carbocycles. The predicted molar refractivity (Wildman–Crippen MR) is 76.1 cm³/mol.